The SMILES string of the molecule is COCOc1ccc(Oc2ccccc2)cc1C(=O)C=[N+]=[N-]. The van der Waals surface area contributed by atoms with Crippen molar-refractivity contribution in [1.29, 1.82) is 0 Å². The van der Waals surface area contributed by atoms with Crippen LogP contribution < -0.4 is 9.47 Å². The van der Waals surface area contributed by atoms with Gasteiger partial charge in [-0.15, -0.1) is 0 Å². The van der Waals surface area contributed by atoms with Crippen LogP contribution in [0, 0.1) is 0 Å². The topological polar surface area (TPSA) is 81.2 Å². The van der Waals surface area contributed by atoms with E-state index in [1.54, 1.807) is 24.3 Å². The molecule has 0 atom stereocenters. The quantitative estimate of drug-likeness (QED) is 0.259. The van der Waals surface area contributed by atoms with Crippen molar-refractivity contribution in [3.8, 4) is 17.2 Å². The number of benzene rings is 2. The maximum Gasteiger partial charge on any atom is 0.328 e. The van der Waals surface area contributed by atoms with Gasteiger partial charge in [-0.1, -0.05) is 18.2 Å². The summed E-state index contributed by atoms with van der Waals surface area (Å²) in [6.07, 6.45) is 0.793. The number of nitrogens with zero attached hydrogens (tertiary/aromatic N) is 2. The van der Waals surface area contributed by atoms with Gasteiger partial charge in [0.2, 0.25) is 0 Å². The smallest absolute Gasteiger partial charge is 0.328 e. The highest BCUT2D eigenvalue weighted by atomic mass is 16.7. The molecule has 0 unspecified atom stereocenters. The maximum absolute atomic E-state index is 11.9. The van der Waals surface area contributed by atoms with E-state index in [1.807, 2.05) is 18.2 Å². The van der Waals surface area contributed by atoms with Crippen LogP contribution in [-0.4, -0.2) is 30.7 Å². The molecule has 0 radical (unpaired) electrons. The summed E-state index contributed by atoms with van der Waals surface area (Å²) in [6, 6.07) is 13.9. The van der Waals surface area contributed by atoms with Gasteiger partial charge in [-0.2, -0.15) is 4.79 Å². The number of carbonyl (C=O) groups excluding carboxylic acids is 1. The van der Waals surface area contributed by atoms with E-state index in [2.05, 4.69) is 4.79 Å². The Morgan fingerprint density at radius 2 is 1.95 bits per heavy atom. The monoisotopic (exact) mass is 298 g/mol. The molecule has 0 N–H and O–H groups in total. The number of carbonyl (C=O) groups is 1. The van der Waals surface area contributed by atoms with Gasteiger partial charge in [-0.05, 0) is 30.3 Å². The van der Waals surface area contributed by atoms with Crippen LogP contribution in [-0.2, 0) is 4.74 Å². The number of rotatable bonds is 7. The fourth-order valence-corrected chi connectivity index (χ4v) is 1.76. The van der Waals surface area contributed by atoms with Gasteiger partial charge in [0.05, 0.1) is 5.56 Å². The summed E-state index contributed by atoms with van der Waals surface area (Å²) in [5, 5.41) is 0. The molecule has 0 amide bonds. The van der Waals surface area contributed by atoms with Gasteiger partial charge in [0, 0.05) is 7.11 Å². The first-order valence-electron chi connectivity index (χ1n) is 6.45. The van der Waals surface area contributed by atoms with E-state index < -0.39 is 5.78 Å². The minimum Gasteiger partial charge on any atom is -0.467 e. The highest BCUT2D eigenvalue weighted by Crippen LogP contribution is 2.28. The first kappa shape index (κ1) is 15.4. The Morgan fingerprint density at radius 3 is 2.64 bits per heavy atom. The van der Waals surface area contributed by atoms with E-state index in [1.165, 1.54) is 13.2 Å². The van der Waals surface area contributed by atoms with Gasteiger partial charge in [0.25, 0.3) is 5.78 Å². The van der Waals surface area contributed by atoms with Gasteiger partial charge in [0.15, 0.2) is 6.79 Å². The van der Waals surface area contributed by atoms with Crippen molar-refractivity contribution in [2.45, 2.75) is 0 Å². The summed E-state index contributed by atoms with van der Waals surface area (Å²) in [7, 11) is 1.48. The molecule has 0 aliphatic carbocycles. The van der Waals surface area contributed by atoms with Crippen molar-refractivity contribution in [3.05, 3.63) is 59.6 Å². The Morgan fingerprint density at radius 1 is 1.18 bits per heavy atom. The van der Waals surface area contributed by atoms with Gasteiger partial charge in [0.1, 0.15) is 17.2 Å². The van der Waals surface area contributed by atoms with E-state index in [9.17, 15) is 4.79 Å². The Kier molecular flexibility index (Phi) is 5.43. The average molecular weight is 298 g/mol. The van der Waals surface area contributed by atoms with Crippen LogP contribution in [0.25, 0.3) is 5.53 Å². The number of ketones is 1. The third kappa shape index (κ3) is 4.02. The first-order chi connectivity index (χ1) is 10.7. The predicted molar refractivity (Wildman–Crippen MR) is 79.5 cm³/mol. The number of Topliss-reactive ketones (excluding diaryl/α,β-unsaturated/α-hetero) is 1. The fourth-order valence-electron chi connectivity index (χ4n) is 1.76. The van der Waals surface area contributed by atoms with Crippen molar-refractivity contribution in [2.24, 2.45) is 0 Å². The van der Waals surface area contributed by atoms with Crippen LogP contribution in [0.5, 0.6) is 17.2 Å². The molecule has 0 heterocycles. The van der Waals surface area contributed by atoms with Crippen molar-refractivity contribution < 1.29 is 23.8 Å². The molecule has 0 saturated carbocycles. The molecule has 6 heteroatoms. The first-order valence-corrected chi connectivity index (χ1v) is 6.45. The Hall–Kier alpha value is -2.95. The lowest BCUT2D eigenvalue weighted by molar-refractivity contribution is 0.00221. The Labute approximate surface area is 127 Å². The van der Waals surface area contributed by atoms with Crippen LogP contribution in [0.2, 0.25) is 0 Å². The van der Waals surface area contributed by atoms with Crippen molar-refractivity contribution in [1.82, 2.24) is 0 Å². The third-order valence-corrected chi connectivity index (χ3v) is 2.70. The normalized spacial score (nSPS) is 9.68. The molecule has 2 rings (SSSR count). The van der Waals surface area contributed by atoms with Crippen LogP contribution in [0.1, 0.15) is 10.4 Å². The van der Waals surface area contributed by atoms with Gasteiger partial charge in [-0.3, -0.25) is 4.79 Å². The van der Waals surface area contributed by atoms with Crippen LogP contribution >= 0.6 is 0 Å². The Balaban J connectivity index is 2.31. The summed E-state index contributed by atoms with van der Waals surface area (Å²) in [4.78, 5) is 14.7. The zero-order chi connectivity index (χ0) is 15.8. The zero-order valence-corrected chi connectivity index (χ0v) is 11.9. The van der Waals surface area contributed by atoms with Gasteiger partial charge >= 0.3 is 6.21 Å². The third-order valence-electron chi connectivity index (χ3n) is 2.70. The molecule has 0 spiro atoms. The van der Waals surface area contributed by atoms with Crippen molar-refractivity contribution >= 4 is 12.0 Å². The second kappa shape index (κ2) is 7.73. The number of methoxy groups -OCH3 is 1. The van der Waals surface area contributed by atoms with E-state index in [-0.39, 0.29) is 12.4 Å². The molecule has 112 valence electrons. The molecule has 0 aliphatic heterocycles. The number of ether oxygens (including phenoxy) is 3. The largest absolute Gasteiger partial charge is 0.467 e. The summed E-state index contributed by atoms with van der Waals surface area (Å²) >= 11 is 0. The number of hydrogen-bond donors (Lipinski definition) is 0. The molecule has 22 heavy (non-hydrogen) atoms. The highest BCUT2D eigenvalue weighted by Gasteiger charge is 2.16. The zero-order valence-electron chi connectivity index (χ0n) is 11.9. The minimum absolute atomic E-state index is 0.00453. The summed E-state index contributed by atoms with van der Waals surface area (Å²) in [5.74, 6) is 0.909. The molecular formula is C16H14N2O4. The highest BCUT2D eigenvalue weighted by molar-refractivity contribution is 6.34. The molecule has 6 nitrogen and oxygen atoms in total. The number of para-hydroxylation sites is 1. The molecule has 0 fully saturated rings. The summed E-state index contributed by atoms with van der Waals surface area (Å²) in [6.45, 7) is -0.00453. The summed E-state index contributed by atoms with van der Waals surface area (Å²) < 4.78 is 15.8. The lowest BCUT2D eigenvalue weighted by atomic mass is 10.1. The summed E-state index contributed by atoms with van der Waals surface area (Å²) in [5.41, 5.74) is 8.73. The molecular weight excluding hydrogens is 284 g/mol. The van der Waals surface area contributed by atoms with Gasteiger partial charge < -0.3 is 19.7 Å². The van der Waals surface area contributed by atoms with Crippen molar-refractivity contribution in [3.63, 3.8) is 0 Å². The maximum atomic E-state index is 11.9. The Bertz CT molecular complexity index is 695. The van der Waals surface area contributed by atoms with E-state index in [0.29, 0.717) is 17.2 Å². The van der Waals surface area contributed by atoms with E-state index >= 15 is 0 Å². The van der Waals surface area contributed by atoms with Crippen molar-refractivity contribution in [2.75, 3.05) is 13.9 Å². The fraction of sp³-hybridized carbons (Fsp3) is 0.125. The molecule has 2 aromatic rings. The minimum atomic E-state index is -0.507. The average Bonchev–Trinajstić information content (AvgIpc) is 2.55. The lowest BCUT2D eigenvalue weighted by Crippen LogP contribution is -2.07. The molecule has 0 aromatic heterocycles. The predicted octanol–water partition coefficient (Wildman–Crippen LogP) is 2.94. The van der Waals surface area contributed by atoms with Crippen LogP contribution in [0.4, 0.5) is 0 Å². The molecule has 0 aliphatic rings. The van der Waals surface area contributed by atoms with Crippen LogP contribution in [0.15, 0.2) is 48.5 Å². The van der Waals surface area contributed by atoms with E-state index in [4.69, 9.17) is 19.7 Å². The number of hydrogen-bond acceptors (Lipinski definition) is 4. The second-order valence-corrected chi connectivity index (χ2v) is 4.23. The van der Waals surface area contributed by atoms with Crippen LogP contribution in [0.3, 0.4) is 0 Å². The second-order valence-electron chi connectivity index (χ2n) is 4.23. The standard InChI is InChI=1S/C16H14N2O4/c1-20-11-21-16-8-7-13(9-14(16)15(19)10-18-17)22-12-5-3-2-4-6-12/h2-10H,11H2,1H3. The molecule has 0 saturated heterocycles. The molecule has 0 bridgehead atoms. The lowest BCUT2D eigenvalue weighted by Gasteiger charge is -2.11. The molecule has 2 aromatic carbocycles. The van der Waals surface area contributed by atoms with E-state index in [0.717, 1.165) is 6.21 Å². The van der Waals surface area contributed by atoms with Gasteiger partial charge in [-0.25, -0.2) is 0 Å².